The molecule has 0 bridgehead atoms. The molecule has 23 heavy (non-hydrogen) atoms. The lowest BCUT2D eigenvalue weighted by atomic mass is 10.6. The number of likely N-dealkylation sites (N-methyl/N-ethyl adjacent to an activating group) is 2. The van der Waals surface area contributed by atoms with Gasteiger partial charge in [0.2, 0.25) is 0 Å². The average molecular weight is 360 g/mol. The van der Waals surface area contributed by atoms with E-state index in [0.29, 0.717) is 0 Å². The van der Waals surface area contributed by atoms with Gasteiger partial charge < -0.3 is 31.5 Å². The van der Waals surface area contributed by atoms with Crippen LogP contribution in [0.5, 0.6) is 0 Å². The van der Waals surface area contributed by atoms with Gasteiger partial charge in [-0.15, -0.1) is 0 Å². The fourth-order valence-electron chi connectivity index (χ4n) is 0.576. The van der Waals surface area contributed by atoms with Crippen molar-refractivity contribution in [1.82, 2.24) is 9.80 Å². The second kappa shape index (κ2) is 12.0. The minimum atomic E-state index is -4.67. The highest BCUT2D eigenvalue weighted by Gasteiger charge is 2.03. The number of rotatable bonds is 4. The lowest BCUT2D eigenvalue weighted by Crippen LogP contribution is -2.36. The molecule has 0 aliphatic carbocycles. The number of hydrogen-bond acceptors (Lipinski definition) is 6. The molecule has 0 rings (SSSR count). The first-order valence-corrected chi connectivity index (χ1v) is 6.71. The molecule has 0 saturated heterocycles. The Kier molecular flexibility index (Phi) is 13.2. The molecule has 0 heterocycles. The smallest absolute Gasteiger partial charge is 0.394 e. The molecule has 0 aromatic heterocycles. The van der Waals surface area contributed by atoms with E-state index in [-0.39, 0.29) is 25.0 Å². The number of guanidine groups is 2. The Hall–Kier alpha value is -2.65. The van der Waals surface area contributed by atoms with Crippen LogP contribution in [0.4, 0.5) is 0 Å². The van der Waals surface area contributed by atoms with Crippen molar-refractivity contribution in [2.24, 2.45) is 11.5 Å². The standard InChI is InChI=1S/2C4H9N3O2.H2O4S/c2*1-7(4(5)6)2-3(8)9;1-5(2,3)4/h2*2H2,1H3,(H3,5,6)(H,8,9);(H2,1,2,3,4). The maximum absolute atomic E-state index is 9.92. The van der Waals surface area contributed by atoms with E-state index in [1.807, 2.05) is 0 Å². The summed E-state index contributed by atoms with van der Waals surface area (Å²) in [6.45, 7) is -0.454. The summed E-state index contributed by atoms with van der Waals surface area (Å²) in [6.07, 6.45) is 0. The van der Waals surface area contributed by atoms with E-state index in [2.05, 4.69) is 0 Å². The first-order chi connectivity index (χ1) is 10.1. The summed E-state index contributed by atoms with van der Waals surface area (Å²) in [7, 11) is -1.78. The van der Waals surface area contributed by atoms with Gasteiger partial charge in [0.25, 0.3) is 0 Å². The Morgan fingerprint density at radius 1 is 0.913 bits per heavy atom. The molecule has 136 valence electrons. The largest absolute Gasteiger partial charge is 0.480 e. The van der Waals surface area contributed by atoms with Crippen molar-refractivity contribution in [3.05, 3.63) is 0 Å². The molecular formula is C8H20N6O8S. The van der Waals surface area contributed by atoms with Crippen LogP contribution in [-0.4, -0.2) is 88.6 Å². The van der Waals surface area contributed by atoms with Gasteiger partial charge in [-0.3, -0.25) is 29.5 Å². The van der Waals surface area contributed by atoms with Crippen LogP contribution in [0.1, 0.15) is 0 Å². The molecular weight excluding hydrogens is 340 g/mol. The Bertz CT molecular complexity index is 481. The number of nitrogens with two attached hydrogens (primary N) is 2. The molecule has 14 nitrogen and oxygen atoms in total. The lowest BCUT2D eigenvalue weighted by molar-refractivity contribution is -0.138. The van der Waals surface area contributed by atoms with Crippen LogP contribution >= 0.6 is 0 Å². The zero-order valence-corrected chi connectivity index (χ0v) is 13.1. The van der Waals surface area contributed by atoms with Crippen molar-refractivity contribution in [2.45, 2.75) is 0 Å². The number of nitrogens with zero attached hydrogens (tertiary/aromatic N) is 2. The summed E-state index contributed by atoms with van der Waals surface area (Å²) in [6, 6.07) is 0. The predicted octanol–water partition coefficient (Wildman–Crippen LogP) is -2.86. The number of hydrogen-bond donors (Lipinski definition) is 8. The highest BCUT2D eigenvalue weighted by atomic mass is 32.3. The summed E-state index contributed by atoms with van der Waals surface area (Å²) >= 11 is 0. The van der Waals surface area contributed by atoms with Crippen molar-refractivity contribution in [1.29, 1.82) is 10.8 Å². The lowest BCUT2D eigenvalue weighted by Gasteiger charge is -2.12. The van der Waals surface area contributed by atoms with Gasteiger partial charge in [-0.25, -0.2) is 0 Å². The Labute approximate surface area is 131 Å². The number of carboxylic acids is 2. The van der Waals surface area contributed by atoms with Crippen LogP contribution < -0.4 is 11.5 Å². The minimum absolute atomic E-state index is 0.227. The van der Waals surface area contributed by atoms with E-state index >= 15 is 0 Å². The van der Waals surface area contributed by atoms with Crippen LogP contribution in [0.25, 0.3) is 0 Å². The van der Waals surface area contributed by atoms with Crippen molar-refractivity contribution < 1.29 is 37.3 Å². The summed E-state index contributed by atoms with van der Waals surface area (Å²) in [5, 5.41) is 29.7. The summed E-state index contributed by atoms with van der Waals surface area (Å²) in [5.41, 5.74) is 9.86. The molecule has 0 aliphatic heterocycles. The predicted molar refractivity (Wildman–Crippen MR) is 78.5 cm³/mol. The molecule has 0 fully saturated rings. The van der Waals surface area contributed by atoms with E-state index in [9.17, 15) is 9.59 Å². The SMILES string of the molecule is CN(CC(=O)O)C(=N)N.CN(CC(=O)O)C(=N)N.O=S(=O)(O)O. The molecule has 10 N–H and O–H groups in total. The Morgan fingerprint density at radius 3 is 1.13 bits per heavy atom. The normalized spacial score (nSPS) is 9.22. The van der Waals surface area contributed by atoms with Gasteiger partial charge in [0, 0.05) is 14.1 Å². The van der Waals surface area contributed by atoms with Gasteiger partial charge in [0.15, 0.2) is 11.9 Å². The number of carboxylic acid groups (broad SMARTS) is 2. The number of nitrogens with one attached hydrogen (secondary N) is 2. The first kappa shape index (κ1) is 25.3. The van der Waals surface area contributed by atoms with Crippen molar-refractivity contribution in [2.75, 3.05) is 27.2 Å². The maximum Gasteiger partial charge on any atom is 0.394 e. The molecule has 0 aromatic rings. The third kappa shape index (κ3) is 32.7. The average Bonchev–Trinajstić information content (AvgIpc) is 2.25. The van der Waals surface area contributed by atoms with Crippen LogP contribution in [0.2, 0.25) is 0 Å². The van der Waals surface area contributed by atoms with Crippen molar-refractivity contribution in [3.8, 4) is 0 Å². The van der Waals surface area contributed by atoms with E-state index in [1.165, 1.54) is 14.1 Å². The first-order valence-electron chi connectivity index (χ1n) is 5.31. The van der Waals surface area contributed by atoms with Crippen molar-refractivity contribution in [3.63, 3.8) is 0 Å². The van der Waals surface area contributed by atoms with Gasteiger partial charge in [-0.1, -0.05) is 0 Å². The van der Waals surface area contributed by atoms with E-state index in [1.54, 1.807) is 0 Å². The molecule has 0 atom stereocenters. The fourth-order valence-corrected chi connectivity index (χ4v) is 0.576. The molecule has 0 aliphatic rings. The van der Waals surface area contributed by atoms with Gasteiger partial charge in [0.1, 0.15) is 13.1 Å². The van der Waals surface area contributed by atoms with E-state index in [4.69, 9.17) is 50.0 Å². The zero-order chi connectivity index (χ0) is 19.4. The number of carbonyl (C=O) groups is 2. The topological polar surface area (TPSA) is 255 Å². The zero-order valence-electron chi connectivity index (χ0n) is 12.3. The van der Waals surface area contributed by atoms with Crippen molar-refractivity contribution >= 4 is 34.3 Å². The van der Waals surface area contributed by atoms with Crippen LogP contribution in [0, 0.1) is 10.8 Å². The van der Waals surface area contributed by atoms with Gasteiger partial charge in [-0.05, 0) is 0 Å². The second-order valence-corrected chi connectivity index (χ2v) is 4.61. The van der Waals surface area contributed by atoms with Crippen LogP contribution in [-0.2, 0) is 20.0 Å². The number of aliphatic carboxylic acids is 2. The fraction of sp³-hybridized carbons (Fsp3) is 0.500. The summed E-state index contributed by atoms with van der Waals surface area (Å²) < 4.78 is 31.6. The molecule has 0 spiro atoms. The van der Waals surface area contributed by atoms with E-state index in [0.717, 1.165) is 9.80 Å². The molecule has 0 amide bonds. The van der Waals surface area contributed by atoms with Gasteiger partial charge in [0.05, 0.1) is 0 Å². The molecule has 0 radical (unpaired) electrons. The second-order valence-electron chi connectivity index (χ2n) is 3.72. The maximum atomic E-state index is 9.92. The Balaban J connectivity index is -0.000000273. The summed E-state index contributed by atoms with van der Waals surface area (Å²) in [4.78, 5) is 22.1. The molecule has 0 unspecified atom stereocenters. The van der Waals surface area contributed by atoms with Gasteiger partial charge in [-0.2, -0.15) is 8.42 Å². The highest BCUT2D eigenvalue weighted by molar-refractivity contribution is 7.79. The molecule has 0 saturated carbocycles. The third-order valence-electron chi connectivity index (χ3n) is 1.57. The van der Waals surface area contributed by atoms with Gasteiger partial charge >= 0.3 is 22.3 Å². The minimum Gasteiger partial charge on any atom is -0.480 e. The Morgan fingerprint density at radius 2 is 1.09 bits per heavy atom. The van der Waals surface area contributed by atoms with Crippen LogP contribution in [0.15, 0.2) is 0 Å². The molecule has 0 aromatic carbocycles. The summed E-state index contributed by atoms with van der Waals surface area (Å²) in [5.74, 6) is -2.46. The monoisotopic (exact) mass is 360 g/mol. The van der Waals surface area contributed by atoms with E-state index < -0.39 is 22.3 Å². The van der Waals surface area contributed by atoms with Crippen LogP contribution in [0.3, 0.4) is 0 Å². The third-order valence-corrected chi connectivity index (χ3v) is 1.57. The molecule has 15 heteroatoms. The quantitative estimate of drug-likeness (QED) is 0.143. The highest BCUT2D eigenvalue weighted by Crippen LogP contribution is 1.77.